The smallest absolute Gasteiger partial charge is 0.0582 e. The van der Waals surface area contributed by atoms with Gasteiger partial charge in [0.1, 0.15) is 0 Å². The molecule has 1 rings (SSSR count). The maximum atomic E-state index is 3.71. The summed E-state index contributed by atoms with van der Waals surface area (Å²) in [5, 5.41) is 3.24. The highest BCUT2D eigenvalue weighted by molar-refractivity contribution is 5.23. The van der Waals surface area contributed by atoms with Gasteiger partial charge in [0.2, 0.25) is 0 Å². The van der Waals surface area contributed by atoms with Crippen LogP contribution in [0.1, 0.15) is 12.5 Å². The molecule has 14 heavy (non-hydrogen) atoms. The first-order valence-electron chi connectivity index (χ1n) is 4.68. The van der Waals surface area contributed by atoms with Crippen molar-refractivity contribution in [1.82, 2.24) is 5.32 Å². The van der Waals surface area contributed by atoms with E-state index in [1.807, 2.05) is 25.1 Å². The Bertz CT molecular complexity index is 340. The van der Waals surface area contributed by atoms with Crippen molar-refractivity contribution >= 4 is 0 Å². The molecule has 0 radical (unpaired) electrons. The number of benzene rings is 1. The lowest BCUT2D eigenvalue weighted by molar-refractivity contribution is 0.770. The quantitative estimate of drug-likeness (QED) is 0.563. The molecular formula is C13H15N. The van der Waals surface area contributed by atoms with Crippen LogP contribution >= 0.6 is 0 Å². The van der Waals surface area contributed by atoms with Crippen LogP contribution in [0.3, 0.4) is 0 Å². The van der Waals surface area contributed by atoms with Crippen LogP contribution in [0.15, 0.2) is 42.5 Å². The van der Waals surface area contributed by atoms with Crippen molar-refractivity contribution in [3.8, 4) is 11.8 Å². The standard InChI is InChI=1S/C13H15N/c1-12(2)7-6-10-14-11-13-8-4-3-5-9-13/h3-5,8-9,14H,1,10-11H2,2H3. The highest BCUT2D eigenvalue weighted by Crippen LogP contribution is 1.96. The van der Waals surface area contributed by atoms with Gasteiger partial charge in [0, 0.05) is 6.54 Å². The van der Waals surface area contributed by atoms with E-state index in [9.17, 15) is 0 Å². The average Bonchev–Trinajstić information content (AvgIpc) is 2.18. The average molecular weight is 185 g/mol. The molecule has 0 aliphatic heterocycles. The first-order valence-corrected chi connectivity index (χ1v) is 4.68. The second kappa shape index (κ2) is 6.01. The lowest BCUT2D eigenvalue weighted by atomic mass is 10.2. The second-order valence-corrected chi connectivity index (χ2v) is 3.17. The van der Waals surface area contributed by atoms with Gasteiger partial charge in [-0.2, -0.15) is 0 Å². The van der Waals surface area contributed by atoms with Crippen LogP contribution in [-0.4, -0.2) is 6.54 Å². The predicted molar refractivity (Wildman–Crippen MR) is 60.7 cm³/mol. The Morgan fingerprint density at radius 2 is 2.07 bits per heavy atom. The van der Waals surface area contributed by atoms with Crippen LogP contribution in [0.25, 0.3) is 0 Å². The summed E-state index contributed by atoms with van der Waals surface area (Å²) >= 11 is 0. The van der Waals surface area contributed by atoms with Gasteiger partial charge in [-0.3, -0.25) is 0 Å². The van der Waals surface area contributed by atoms with E-state index in [-0.39, 0.29) is 0 Å². The number of nitrogens with one attached hydrogen (secondary N) is 1. The molecule has 0 saturated carbocycles. The van der Waals surface area contributed by atoms with E-state index in [0.29, 0.717) is 6.54 Å². The van der Waals surface area contributed by atoms with Crippen molar-refractivity contribution in [1.29, 1.82) is 0 Å². The van der Waals surface area contributed by atoms with E-state index in [4.69, 9.17) is 0 Å². The topological polar surface area (TPSA) is 12.0 Å². The maximum Gasteiger partial charge on any atom is 0.0582 e. The molecule has 1 heteroatoms. The number of hydrogen-bond acceptors (Lipinski definition) is 1. The van der Waals surface area contributed by atoms with Gasteiger partial charge in [-0.15, -0.1) is 0 Å². The van der Waals surface area contributed by atoms with E-state index in [1.54, 1.807) is 0 Å². The Morgan fingerprint density at radius 1 is 1.36 bits per heavy atom. The fourth-order valence-corrected chi connectivity index (χ4v) is 1.06. The Kier molecular flexibility index (Phi) is 4.54. The van der Waals surface area contributed by atoms with Crippen molar-refractivity contribution < 1.29 is 0 Å². The molecule has 0 saturated heterocycles. The van der Waals surface area contributed by atoms with Crippen molar-refractivity contribution in [2.75, 3.05) is 6.54 Å². The van der Waals surface area contributed by atoms with Gasteiger partial charge in [-0.25, -0.2) is 0 Å². The van der Waals surface area contributed by atoms with E-state index in [0.717, 1.165) is 12.1 Å². The summed E-state index contributed by atoms with van der Waals surface area (Å²) in [4.78, 5) is 0. The van der Waals surface area contributed by atoms with Crippen LogP contribution in [-0.2, 0) is 6.54 Å². The summed E-state index contributed by atoms with van der Waals surface area (Å²) < 4.78 is 0. The third-order valence-corrected chi connectivity index (χ3v) is 1.69. The summed E-state index contributed by atoms with van der Waals surface area (Å²) in [6.45, 7) is 7.19. The van der Waals surface area contributed by atoms with Crippen LogP contribution in [0.5, 0.6) is 0 Å². The molecule has 1 N–H and O–H groups in total. The molecular weight excluding hydrogens is 170 g/mol. The van der Waals surface area contributed by atoms with Crippen molar-refractivity contribution in [3.05, 3.63) is 48.0 Å². The molecule has 1 aromatic carbocycles. The zero-order chi connectivity index (χ0) is 10.2. The summed E-state index contributed by atoms with van der Waals surface area (Å²) in [6.07, 6.45) is 0. The summed E-state index contributed by atoms with van der Waals surface area (Å²) in [5.74, 6) is 5.92. The van der Waals surface area contributed by atoms with Crippen molar-refractivity contribution in [2.45, 2.75) is 13.5 Å². The van der Waals surface area contributed by atoms with Gasteiger partial charge in [0.05, 0.1) is 6.54 Å². The third-order valence-electron chi connectivity index (χ3n) is 1.69. The van der Waals surface area contributed by atoms with Gasteiger partial charge < -0.3 is 5.32 Å². The van der Waals surface area contributed by atoms with Gasteiger partial charge >= 0.3 is 0 Å². The van der Waals surface area contributed by atoms with Crippen molar-refractivity contribution in [3.63, 3.8) is 0 Å². The second-order valence-electron chi connectivity index (χ2n) is 3.17. The fourth-order valence-electron chi connectivity index (χ4n) is 1.06. The largest absolute Gasteiger partial charge is 0.302 e. The Morgan fingerprint density at radius 3 is 2.71 bits per heavy atom. The zero-order valence-corrected chi connectivity index (χ0v) is 8.51. The summed E-state index contributed by atoms with van der Waals surface area (Å²) in [5.41, 5.74) is 2.19. The van der Waals surface area contributed by atoms with E-state index in [1.165, 1.54) is 5.56 Å². The summed E-state index contributed by atoms with van der Waals surface area (Å²) in [6, 6.07) is 10.3. The molecule has 0 amide bonds. The first kappa shape index (κ1) is 10.6. The number of allylic oxidation sites excluding steroid dienone is 1. The molecule has 0 aliphatic carbocycles. The zero-order valence-electron chi connectivity index (χ0n) is 8.51. The lowest BCUT2D eigenvalue weighted by Gasteiger charge is -1.99. The monoisotopic (exact) mass is 185 g/mol. The van der Waals surface area contributed by atoms with E-state index < -0.39 is 0 Å². The van der Waals surface area contributed by atoms with Gasteiger partial charge in [-0.1, -0.05) is 48.8 Å². The minimum absolute atomic E-state index is 0.710. The highest BCUT2D eigenvalue weighted by atomic mass is 14.8. The Labute approximate surface area is 85.8 Å². The summed E-state index contributed by atoms with van der Waals surface area (Å²) in [7, 11) is 0. The minimum atomic E-state index is 0.710. The number of rotatable bonds is 3. The van der Waals surface area contributed by atoms with Crippen molar-refractivity contribution in [2.24, 2.45) is 0 Å². The third kappa shape index (κ3) is 4.49. The molecule has 0 unspecified atom stereocenters. The highest BCUT2D eigenvalue weighted by Gasteiger charge is 1.87. The molecule has 72 valence electrons. The predicted octanol–water partition coefficient (Wildman–Crippen LogP) is 2.36. The van der Waals surface area contributed by atoms with Gasteiger partial charge in [0.15, 0.2) is 0 Å². The van der Waals surface area contributed by atoms with Crippen LogP contribution in [0.2, 0.25) is 0 Å². The van der Waals surface area contributed by atoms with Gasteiger partial charge in [-0.05, 0) is 18.1 Å². The van der Waals surface area contributed by atoms with Crippen LogP contribution in [0.4, 0.5) is 0 Å². The molecule has 0 spiro atoms. The normalized spacial score (nSPS) is 8.93. The molecule has 0 heterocycles. The molecule has 0 aliphatic rings. The Balaban J connectivity index is 2.24. The fraction of sp³-hybridized carbons (Fsp3) is 0.231. The van der Waals surface area contributed by atoms with E-state index in [2.05, 4.69) is 35.9 Å². The SMILES string of the molecule is C=C(C)C#CCNCc1ccccc1. The molecule has 0 fully saturated rings. The first-order chi connectivity index (χ1) is 6.79. The lowest BCUT2D eigenvalue weighted by Crippen LogP contribution is -2.12. The Hall–Kier alpha value is -1.52. The van der Waals surface area contributed by atoms with Crippen LogP contribution < -0.4 is 5.32 Å². The molecule has 0 atom stereocenters. The molecule has 1 aromatic rings. The van der Waals surface area contributed by atoms with Crippen LogP contribution in [0, 0.1) is 11.8 Å². The minimum Gasteiger partial charge on any atom is -0.302 e. The molecule has 0 aromatic heterocycles. The number of hydrogen-bond donors (Lipinski definition) is 1. The van der Waals surface area contributed by atoms with Gasteiger partial charge in [0.25, 0.3) is 0 Å². The van der Waals surface area contributed by atoms with E-state index >= 15 is 0 Å². The maximum absolute atomic E-state index is 3.71. The molecule has 0 bridgehead atoms. The molecule has 1 nitrogen and oxygen atoms in total.